The average molecular weight is 215 g/mol. The smallest absolute Gasteiger partial charge is 0.235 e. The van der Waals surface area contributed by atoms with E-state index in [0.29, 0.717) is 5.69 Å². The molecule has 0 aliphatic heterocycles. The molecule has 5 heteroatoms. The predicted molar refractivity (Wildman–Crippen MR) is 55.8 cm³/mol. The fourth-order valence-electron chi connectivity index (χ4n) is 0.852. The minimum absolute atomic E-state index is 0.0361. The Balaban J connectivity index is 2.90. The van der Waals surface area contributed by atoms with Crippen molar-refractivity contribution in [3.63, 3.8) is 0 Å². The van der Waals surface area contributed by atoms with E-state index in [0.717, 1.165) is 0 Å². The summed E-state index contributed by atoms with van der Waals surface area (Å²) < 4.78 is 25.2. The van der Waals surface area contributed by atoms with Crippen LogP contribution in [0.25, 0.3) is 0 Å². The molecule has 0 fully saturated rings. The molecule has 0 aliphatic rings. The van der Waals surface area contributed by atoms with Crippen LogP contribution in [0.15, 0.2) is 24.3 Å². The van der Waals surface area contributed by atoms with Crippen molar-refractivity contribution in [3.8, 4) is 5.75 Å². The Morgan fingerprint density at radius 1 is 1.36 bits per heavy atom. The van der Waals surface area contributed by atoms with Crippen LogP contribution in [0.5, 0.6) is 5.75 Å². The highest BCUT2D eigenvalue weighted by molar-refractivity contribution is 7.93. The highest BCUT2D eigenvalue weighted by Crippen LogP contribution is 2.17. The lowest BCUT2D eigenvalue weighted by Crippen LogP contribution is -2.22. The van der Waals surface area contributed by atoms with Crippen LogP contribution in [0, 0.1) is 0 Å². The molecule has 0 unspecified atom stereocenters. The van der Waals surface area contributed by atoms with E-state index in [2.05, 4.69) is 4.72 Å². The van der Waals surface area contributed by atoms with Gasteiger partial charge in [-0.3, -0.25) is 4.72 Å². The largest absolute Gasteiger partial charge is 0.508 e. The summed E-state index contributed by atoms with van der Waals surface area (Å²) >= 11 is 0. The molecule has 1 rings (SSSR count). The first-order valence-corrected chi connectivity index (χ1v) is 5.77. The van der Waals surface area contributed by atoms with Crippen LogP contribution in [0.1, 0.15) is 13.8 Å². The minimum atomic E-state index is -3.33. The fourth-order valence-corrected chi connectivity index (χ4v) is 1.54. The average Bonchev–Trinajstić information content (AvgIpc) is 2.02. The van der Waals surface area contributed by atoms with Crippen LogP contribution in [0.3, 0.4) is 0 Å². The zero-order valence-corrected chi connectivity index (χ0v) is 8.88. The second kappa shape index (κ2) is 3.88. The number of nitrogens with one attached hydrogen (secondary N) is 1. The third-order valence-electron chi connectivity index (χ3n) is 1.73. The Morgan fingerprint density at radius 3 is 2.50 bits per heavy atom. The van der Waals surface area contributed by atoms with Crippen LogP contribution in [-0.2, 0) is 10.0 Å². The first kappa shape index (κ1) is 10.8. The predicted octanol–water partition coefficient (Wildman–Crippen LogP) is 1.54. The van der Waals surface area contributed by atoms with E-state index >= 15 is 0 Å². The van der Waals surface area contributed by atoms with E-state index in [1.165, 1.54) is 12.1 Å². The van der Waals surface area contributed by atoms with Crippen molar-refractivity contribution in [2.45, 2.75) is 19.1 Å². The Morgan fingerprint density at radius 2 is 2.00 bits per heavy atom. The van der Waals surface area contributed by atoms with E-state index in [9.17, 15) is 8.42 Å². The van der Waals surface area contributed by atoms with Gasteiger partial charge in [0.25, 0.3) is 0 Å². The van der Waals surface area contributed by atoms with Gasteiger partial charge in [-0.05, 0) is 26.0 Å². The SMILES string of the molecule is CC(C)S(=O)(=O)Nc1cccc(O)c1. The van der Waals surface area contributed by atoms with E-state index < -0.39 is 15.3 Å². The summed E-state index contributed by atoms with van der Waals surface area (Å²) in [7, 11) is -3.33. The molecule has 0 atom stereocenters. The van der Waals surface area contributed by atoms with E-state index in [1.54, 1.807) is 26.0 Å². The summed E-state index contributed by atoms with van der Waals surface area (Å²) in [5.74, 6) is 0.0361. The summed E-state index contributed by atoms with van der Waals surface area (Å²) in [5, 5.41) is 8.62. The molecule has 0 aliphatic carbocycles. The van der Waals surface area contributed by atoms with Gasteiger partial charge in [-0.2, -0.15) is 0 Å². The highest BCUT2D eigenvalue weighted by atomic mass is 32.2. The molecule has 1 aromatic carbocycles. The quantitative estimate of drug-likeness (QED) is 0.803. The van der Waals surface area contributed by atoms with Crippen molar-refractivity contribution < 1.29 is 13.5 Å². The molecule has 1 aromatic rings. The molecule has 0 saturated carbocycles. The van der Waals surface area contributed by atoms with Crippen molar-refractivity contribution in [2.24, 2.45) is 0 Å². The van der Waals surface area contributed by atoms with Gasteiger partial charge in [0.05, 0.1) is 10.9 Å². The van der Waals surface area contributed by atoms with Gasteiger partial charge in [-0.15, -0.1) is 0 Å². The molecule has 0 saturated heterocycles. The van der Waals surface area contributed by atoms with Crippen molar-refractivity contribution >= 4 is 15.7 Å². The van der Waals surface area contributed by atoms with E-state index in [4.69, 9.17) is 5.11 Å². The van der Waals surface area contributed by atoms with Crippen molar-refractivity contribution in [1.82, 2.24) is 0 Å². The van der Waals surface area contributed by atoms with Gasteiger partial charge in [-0.1, -0.05) is 6.07 Å². The lowest BCUT2D eigenvalue weighted by Gasteiger charge is -2.10. The van der Waals surface area contributed by atoms with Gasteiger partial charge in [0.2, 0.25) is 10.0 Å². The Kier molecular flexibility index (Phi) is 3.00. The summed E-state index contributed by atoms with van der Waals surface area (Å²) in [6, 6.07) is 6.00. The zero-order chi connectivity index (χ0) is 10.8. The molecule has 14 heavy (non-hydrogen) atoms. The van der Waals surface area contributed by atoms with Crippen LogP contribution >= 0.6 is 0 Å². The summed E-state index contributed by atoms with van der Waals surface area (Å²) in [6.45, 7) is 3.18. The number of sulfonamides is 1. The first-order chi connectivity index (χ1) is 6.42. The minimum Gasteiger partial charge on any atom is -0.508 e. The van der Waals surface area contributed by atoms with Gasteiger partial charge >= 0.3 is 0 Å². The monoisotopic (exact) mass is 215 g/mol. The summed E-state index contributed by atoms with van der Waals surface area (Å²) in [6.07, 6.45) is 0. The topological polar surface area (TPSA) is 66.4 Å². The maximum Gasteiger partial charge on any atom is 0.235 e. The number of hydrogen-bond acceptors (Lipinski definition) is 3. The standard InChI is InChI=1S/C9H13NO3S/c1-7(2)14(12,13)10-8-4-3-5-9(11)6-8/h3-7,10-11H,1-2H3. The lowest BCUT2D eigenvalue weighted by molar-refractivity contribution is 0.475. The van der Waals surface area contributed by atoms with Gasteiger partial charge in [0, 0.05) is 6.07 Å². The number of hydrogen-bond donors (Lipinski definition) is 2. The van der Waals surface area contributed by atoms with Gasteiger partial charge < -0.3 is 5.11 Å². The Bertz CT molecular complexity index is 412. The molecule has 0 spiro atoms. The van der Waals surface area contributed by atoms with E-state index in [-0.39, 0.29) is 5.75 Å². The normalized spacial score (nSPS) is 11.6. The number of phenolic OH excluding ortho intramolecular Hbond substituents is 1. The van der Waals surface area contributed by atoms with Gasteiger partial charge in [0.1, 0.15) is 5.75 Å². The number of benzene rings is 1. The third kappa shape index (κ3) is 2.63. The first-order valence-electron chi connectivity index (χ1n) is 4.22. The third-order valence-corrected chi connectivity index (χ3v) is 3.49. The molecule has 0 aromatic heterocycles. The Labute approximate surface area is 83.6 Å². The molecular weight excluding hydrogens is 202 g/mol. The number of aromatic hydroxyl groups is 1. The highest BCUT2D eigenvalue weighted by Gasteiger charge is 2.15. The summed E-state index contributed by atoms with van der Waals surface area (Å²) in [4.78, 5) is 0. The number of anilines is 1. The number of phenols is 1. The molecule has 2 N–H and O–H groups in total. The Hall–Kier alpha value is -1.23. The van der Waals surface area contributed by atoms with Crippen LogP contribution in [-0.4, -0.2) is 18.8 Å². The van der Waals surface area contributed by atoms with Gasteiger partial charge in [0.15, 0.2) is 0 Å². The van der Waals surface area contributed by atoms with Gasteiger partial charge in [-0.25, -0.2) is 8.42 Å². The zero-order valence-electron chi connectivity index (χ0n) is 8.06. The molecule has 0 amide bonds. The second-order valence-electron chi connectivity index (χ2n) is 3.25. The van der Waals surface area contributed by atoms with Crippen molar-refractivity contribution in [1.29, 1.82) is 0 Å². The van der Waals surface area contributed by atoms with Crippen LogP contribution in [0.2, 0.25) is 0 Å². The maximum absolute atomic E-state index is 11.4. The molecule has 0 radical (unpaired) electrons. The molecular formula is C9H13NO3S. The maximum atomic E-state index is 11.4. The van der Waals surface area contributed by atoms with Crippen LogP contribution in [0.4, 0.5) is 5.69 Å². The molecule has 0 heterocycles. The molecule has 4 nitrogen and oxygen atoms in total. The number of rotatable bonds is 3. The molecule has 0 bridgehead atoms. The molecule has 78 valence electrons. The summed E-state index contributed by atoms with van der Waals surface area (Å²) in [5.41, 5.74) is 0.374. The second-order valence-corrected chi connectivity index (χ2v) is 5.48. The van der Waals surface area contributed by atoms with Crippen LogP contribution < -0.4 is 4.72 Å². The fraction of sp³-hybridized carbons (Fsp3) is 0.333. The van der Waals surface area contributed by atoms with Crippen molar-refractivity contribution in [3.05, 3.63) is 24.3 Å². The van der Waals surface area contributed by atoms with E-state index in [1.807, 2.05) is 0 Å². The van der Waals surface area contributed by atoms with Crippen molar-refractivity contribution in [2.75, 3.05) is 4.72 Å². The lowest BCUT2D eigenvalue weighted by atomic mass is 10.3.